The summed E-state index contributed by atoms with van der Waals surface area (Å²) in [4.78, 5) is 14.3. The van der Waals surface area contributed by atoms with Crippen molar-refractivity contribution in [3.05, 3.63) is 60.2 Å². The Morgan fingerprint density at radius 1 is 1.00 bits per heavy atom. The van der Waals surface area contributed by atoms with E-state index >= 15 is 0 Å². The van der Waals surface area contributed by atoms with E-state index in [1.54, 1.807) is 29.2 Å². The standard InChI is InChI=1S/C20H26N2O4S/c1-3-4-14-22(15-16-23)20(24)17-10-12-19(13-11-17)27(25,26)21(2)18-8-6-5-7-9-18/h5-13,23H,3-4,14-16H2,1-2H3. The van der Waals surface area contributed by atoms with Crippen LogP contribution in [0.2, 0.25) is 0 Å². The first-order valence-electron chi connectivity index (χ1n) is 8.96. The second-order valence-electron chi connectivity index (χ2n) is 6.20. The predicted molar refractivity (Wildman–Crippen MR) is 106 cm³/mol. The fraction of sp³-hybridized carbons (Fsp3) is 0.350. The smallest absolute Gasteiger partial charge is 0.264 e. The zero-order valence-corrected chi connectivity index (χ0v) is 16.5. The highest BCUT2D eigenvalue weighted by Crippen LogP contribution is 2.22. The molecule has 0 saturated heterocycles. The van der Waals surface area contributed by atoms with Gasteiger partial charge in [-0.1, -0.05) is 31.5 Å². The number of aliphatic hydroxyl groups is 1. The molecule has 6 nitrogen and oxygen atoms in total. The largest absolute Gasteiger partial charge is 0.395 e. The van der Waals surface area contributed by atoms with Crippen LogP contribution in [-0.4, -0.2) is 51.1 Å². The second kappa shape index (κ2) is 9.53. The molecule has 0 aliphatic rings. The molecule has 0 spiro atoms. The molecule has 2 aromatic rings. The van der Waals surface area contributed by atoms with Crippen molar-refractivity contribution < 1.29 is 18.3 Å². The van der Waals surface area contributed by atoms with Crippen molar-refractivity contribution in [2.75, 3.05) is 31.0 Å². The summed E-state index contributed by atoms with van der Waals surface area (Å²) in [6, 6.07) is 14.7. The number of nitrogens with zero attached hydrogens (tertiary/aromatic N) is 2. The maximum atomic E-state index is 12.8. The lowest BCUT2D eigenvalue weighted by Crippen LogP contribution is -2.34. The number of carbonyl (C=O) groups is 1. The lowest BCUT2D eigenvalue weighted by Gasteiger charge is -2.22. The number of para-hydroxylation sites is 1. The summed E-state index contributed by atoms with van der Waals surface area (Å²) in [5.41, 5.74) is 0.965. The average molecular weight is 391 g/mol. The van der Waals surface area contributed by atoms with E-state index in [-0.39, 0.29) is 24.0 Å². The van der Waals surface area contributed by atoms with E-state index in [9.17, 15) is 18.3 Å². The molecule has 146 valence electrons. The van der Waals surface area contributed by atoms with Crippen LogP contribution in [0.3, 0.4) is 0 Å². The monoisotopic (exact) mass is 390 g/mol. The number of rotatable bonds is 9. The van der Waals surface area contributed by atoms with Crippen molar-refractivity contribution >= 4 is 21.6 Å². The van der Waals surface area contributed by atoms with Gasteiger partial charge in [0.05, 0.1) is 17.2 Å². The summed E-state index contributed by atoms with van der Waals surface area (Å²) in [7, 11) is -2.21. The molecule has 1 amide bonds. The van der Waals surface area contributed by atoms with Crippen LogP contribution in [0.1, 0.15) is 30.1 Å². The molecular formula is C20H26N2O4S. The van der Waals surface area contributed by atoms with Crippen molar-refractivity contribution in [1.82, 2.24) is 4.90 Å². The molecule has 7 heteroatoms. The van der Waals surface area contributed by atoms with Crippen molar-refractivity contribution in [3.63, 3.8) is 0 Å². The summed E-state index contributed by atoms with van der Waals surface area (Å²) in [6.07, 6.45) is 1.79. The molecule has 0 aromatic heterocycles. The molecule has 27 heavy (non-hydrogen) atoms. The van der Waals surface area contributed by atoms with Crippen molar-refractivity contribution in [2.24, 2.45) is 0 Å². The van der Waals surface area contributed by atoms with E-state index in [0.717, 1.165) is 12.8 Å². The van der Waals surface area contributed by atoms with Gasteiger partial charge >= 0.3 is 0 Å². The number of anilines is 1. The zero-order valence-electron chi connectivity index (χ0n) is 15.7. The molecule has 0 radical (unpaired) electrons. The highest BCUT2D eigenvalue weighted by Gasteiger charge is 2.22. The van der Waals surface area contributed by atoms with Crippen LogP contribution in [0.5, 0.6) is 0 Å². The summed E-state index contributed by atoms with van der Waals surface area (Å²) in [5.74, 6) is -0.210. The van der Waals surface area contributed by atoms with Crippen LogP contribution >= 0.6 is 0 Å². The third kappa shape index (κ3) is 5.08. The van der Waals surface area contributed by atoms with Crippen LogP contribution in [0.15, 0.2) is 59.5 Å². The maximum absolute atomic E-state index is 12.8. The molecule has 0 bridgehead atoms. The van der Waals surface area contributed by atoms with Crippen LogP contribution in [0.4, 0.5) is 5.69 Å². The Morgan fingerprint density at radius 3 is 2.19 bits per heavy atom. The van der Waals surface area contributed by atoms with Crippen molar-refractivity contribution in [1.29, 1.82) is 0 Å². The number of amides is 1. The second-order valence-corrected chi connectivity index (χ2v) is 8.17. The van der Waals surface area contributed by atoms with Gasteiger partial charge in [0, 0.05) is 25.7 Å². The topological polar surface area (TPSA) is 77.9 Å². The average Bonchev–Trinajstić information content (AvgIpc) is 2.70. The summed E-state index contributed by atoms with van der Waals surface area (Å²) in [5, 5.41) is 9.17. The summed E-state index contributed by atoms with van der Waals surface area (Å²) < 4.78 is 26.8. The van der Waals surface area contributed by atoms with E-state index in [1.165, 1.54) is 35.6 Å². The number of unbranched alkanes of at least 4 members (excludes halogenated alkanes) is 1. The van der Waals surface area contributed by atoms with Gasteiger partial charge in [-0.15, -0.1) is 0 Å². The quantitative estimate of drug-likeness (QED) is 0.714. The molecule has 2 rings (SSSR count). The number of hydrogen-bond donors (Lipinski definition) is 1. The van der Waals surface area contributed by atoms with Gasteiger partial charge < -0.3 is 10.0 Å². The van der Waals surface area contributed by atoms with Gasteiger partial charge in [0.25, 0.3) is 15.9 Å². The predicted octanol–water partition coefficient (Wildman–Crippen LogP) is 2.75. The number of aliphatic hydroxyl groups excluding tert-OH is 1. The Hall–Kier alpha value is -2.38. The molecule has 1 N–H and O–H groups in total. The number of carbonyl (C=O) groups excluding carboxylic acids is 1. The van der Waals surface area contributed by atoms with Crippen LogP contribution in [0, 0.1) is 0 Å². The normalized spacial score (nSPS) is 11.2. The minimum atomic E-state index is -3.71. The molecule has 0 aliphatic carbocycles. The van der Waals surface area contributed by atoms with Gasteiger partial charge in [0.15, 0.2) is 0 Å². The van der Waals surface area contributed by atoms with Gasteiger partial charge in [0.2, 0.25) is 0 Å². The van der Waals surface area contributed by atoms with E-state index in [2.05, 4.69) is 0 Å². The first-order chi connectivity index (χ1) is 12.9. The van der Waals surface area contributed by atoms with Crippen LogP contribution < -0.4 is 4.31 Å². The highest BCUT2D eigenvalue weighted by atomic mass is 32.2. The lowest BCUT2D eigenvalue weighted by molar-refractivity contribution is 0.0719. The van der Waals surface area contributed by atoms with Crippen molar-refractivity contribution in [2.45, 2.75) is 24.7 Å². The molecule has 0 aliphatic heterocycles. The first kappa shape index (κ1) is 20.9. The van der Waals surface area contributed by atoms with Gasteiger partial charge in [-0.2, -0.15) is 0 Å². The summed E-state index contributed by atoms with van der Waals surface area (Å²) >= 11 is 0. The van der Waals surface area contributed by atoms with E-state index in [0.29, 0.717) is 17.8 Å². The number of sulfonamides is 1. The van der Waals surface area contributed by atoms with Crippen LogP contribution in [0.25, 0.3) is 0 Å². The lowest BCUT2D eigenvalue weighted by atomic mass is 10.2. The van der Waals surface area contributed by atoms with E-state index in [4.69, 9.17) is 0 Å². The fourth-order valence-corrected chi connectivity index (χ4v) is 3.87. The molecule has 0 saturated carbocycles. The Balaban J connectivity index is 2.21. The molecule has 2 aromatic carbocycles. The van der Waals surface area contributed by atoms with Crippen LogP contribution in [-0.2, 0) is 10.0 Å². The maximum Gasteiger partial charge on any atom is 0.264 e. The highest BCUT2D eigenvalue weighted by molar-refractivity contribution is 7.92. The van der Waals surface area contributed by atoms with Gasteiger partial charge in [0.1, 0.15) is 0 Å². The molecule has 0 heterocycles. The van der Waals surface area contributed by atoms with Gasteiger partial charge in [-0.05, 0) is 42.8 Å². The zero-order chi connectivity index (χ0) is 19.9. The SMILES string of the molecule is CCCCN(CCO)C(=O)c1ccc(S(=O)(=O)N(C)c2ccccc2)cc1. The van der Waals surface area contributed by atoms with E-state index in [1.807, 2.05) is 13.0 Å². The van der Waals surface area contributed by atoms with E-state index < -0.39 is 10.0 Å². The molecular weight excluding hydrogens is 364 g/mol. The third-order valence-electron chi connectivity index (χ3n) is 4.32. The molecule has 0 fully saturated rings. The number of benzene rings is 2. The Labute approximate surface area is 161 Å². The fourth-order valence-electron chi connectivity index (χ4n) is 2.67. The Morgan fingerprint density at radius 2 is 1.63 bits per heavy atom. The Kier molecular flexibility index (Phi) is 7.38. The minimum Gasteiger partial charge on any atom is -0.395 e. The number of hydrogen-bond acceptors (Lipinski definition) is 4. The first-order valence-corrected chi connectivity index (χ1v) is 10.4. The molecule has 0 atom stereocenters. The third-order valence-corrected chi connectivity index (χ3v) is 6.12. The van der Waals surface area contributed by atoms with Gasteiger partial charge in [-0.25, -0.2) is 8.42 Å². The Bertz CT molecular complexity index is 836. The summed E-state index contributed by atoms with van der Waals surface area (Å²) in [6.45, 7) is 2.75. The molecule has 0 unspecified atom stereocenters. The van der Waals surface area contributed by atoms with Gasteiger partial charge in [-0.3, -0.25) is 9.10 Å². The van der Waals surface area contributed by atoms with Crippen molar-refractivity contribution in [3.8, 4) is 0 Å². The minimum absolute atomic E-state index is 0.107.